The number of hydrogen-bond acceptors (Lipinski definition) is 8. The van der Waals surface area contributed by atoms with Crippen molar-refractivity contribution in [1.29, 1.82) is 0 Å². The highest BCUT2D eigenvalue weighted by Crippen LogP contribution is 2.23. The Bertz CT molecular complexity index is 1460. The second kappa shape index (κ2) is 10.2. The molecular weight excluding hydrogens is 500 g/mol. The van der Waals surface area contributed by atoms with Crippen LogP contribution in [0.2, 0.25) is 5.15 Å². The van der Waals surface area contributed by atoms with Gasteiger partial charge in [0.15, 0.2) is 11.3 Å². The molecule has 0 radical (unpaired) electrons. The Morgan fingerprint density at radius 3 is 2.76 bits per heavy atom. The normalized spacial score (nSPS) is 12.6. The molecule has 4 aromatic rings. The third-order valence-corrected chi connectivity index (χ3v) is 5.46. The second-order valence-electron chi connectivity index (χ2n) is 9.62. The van der Waals surface area contributed by atoms with Gasteiger partial charge >= 0.3 is 6.09 Å². The van der Waals surface area contributed by atoms with E-state index < -0.39 is 17.6 Å². The summed E-state index contributed by atoms with van der Waals surface area (Å²) >= 11 is 6.21. The van der Waals surface area contributed by atoms with Crippen molar-refractivity contribution in [3.05, 3.63) is 53.2 Å². The molecule has 0 aliphatic rings. The quantitative estimate of drug-likeness (QED) is 0.348. The molecule has 37 heavy (non-hydrogen) atoms. The molecular formula is C24H29ClN8O4. The Kier molecular flexibility index (Phi) is 7.23. The highest BCUT2D eigenvalue weighted by Gasteiger charge is 2.25. The Balaban J connectivity index is 1.42. The van der Waals surface area contributed by atoms with Crippen LogP contribution in [0.4, 0.5) is 16.3 Å². The molecule has 0 spiro atoms. The molecule has 0 aliphatic heterocycles. The number of aromatic nitrogens is 5. The number of imidazole rings is 1. The number of halogens is 1. The number of nitrogens with two attached hydrogens (primary N) is 1. The zero-order chi connectivity index (χ0) is 26.9. The van der Waals surface area contributed by atoms with Crippen molar-refractivity contribution < 1.29 is 19.1 Å². The van der Waals surface area contributed by atoms with Crippen molar-refractivity contribution in [2.75, 3.05) is 24.3 Å². The van der Waals surface area contributed by atoms with Gasteiger partial charge < -0.3 is 24.9 Å². The van der Waals surface area contributed by atoms with E-state index in [1.165, 1.54) is 28.7 Å². The molecule has 0 bridgehead atoms. The molecule has 196 valence electrons. The summed E-state index contributed by atoms with van der Waals surface area (Å²) in [7, 11) is 1.53. The number of fused-ring (bicyclic) bond motifs is 2. The van der Waals surface area contributed by atoms with Crippen molar-refractivity contribution in [3.8, 4) is 0 Å². The van der Waals surface area contributed by atoms with Gasteiger partial charge in [0.1, 0.15) is 22.1 Å². The number of ether oxygens (including phenoxy) is 2. The van der Waals surface area contributed by atoms with Crippen molar-refractivity contribution in [2.45, 2.75) is 45.9 Å². The Labute approximate surface area is 218 Å². The summed E-state index contributed by atoms with van der Waals surface area (Å²) in [6.07, 6.45) is 6.15. The first kappa shape index (κ1) is 26.2. The third kappa shape index (κ3) is 5.92. The summed E-state index contributed by atoms with van der Waals surface area (Å²) in [4.78, 5) is 35.3. The summed E-state index contributed by atoms with van der Waals surface area (Å²) in [6.45, 7) is 7.69. The van der Waals surface area contributed by atoms with E-state index in [0.717, 1.165) is 5.56 Å². The molecule has 0 aliphatic carbocycles. The van der Waals surface area contributed by atoms with Crippen LogP contribution in [0.15, 0.2) is 36.9 Å². The fraction of sp³-hybridized carbons (Fsp3) is 0.375. The molecule has 0 fully saturated rings. The minimum Gasteiger partial charge on any atom is -0.443 e. The lowest BCUT2D eigenvalue weighted by Gasteiger charge is -2.24. The standard InChI is InChI=1S/C24H29ClN8O4/c1-14(12-36-13-15-8-17(26)21-27-6-7-32(21)11-15)29-22(34)16-10-28-33-19(9-18(25)30-20(16)33)31(5)23(35)37-24(2,3)4/h6-11,14H,12-13,26H2,1-5H3,(H,29,34). The molecule has 0 saturated heterocycles. The van der Waals surface area contributed by atoms with Crippen molar-refractivity contribution in [3.63, 3.8) is 0 Å². The van der Waals surface area contributed by atoms with E-state index in [9.17, 15) is 9.59 Å². The average Bonchev–Trinajstić information content (AvgIpc) is 3.44. The number of nitrogens with one attached hydrogen (secondary N) is 1. The molecule has 1 unspecified atom stereocenters. The third-order valence-electron chi connectivity index (χ3n) is 5.26. The molecule has 3 N–H and O–H groups in total. The topological polar surface area (TPSA) is 141 Å². The molecule has 0 saturated carbocycles. The van der Waals surface area contributed by atoms with Crippen LogP contribution in [0, 0.1) is 0 Å². The van der Waals surface area contributed by atoms with E-state index in [0.29, 0.717) is 23.8 Å². The largest absolute Gasteiger partial charge is 0.443 e. The summed E-state index contributed by atoms with van der Waals surface area (Å²) in [5.74, 6) is -0.107. The van der Waals surface area contributed by atoms with Gasteiger partial charge in [-0.1, -0.05) is 11.6 Å². The number of nitrogens with zero attached hydrogens (tertiary/aromatic N) is 6. The number of carbonyl (C=O) groups is 2. The number of pyridine rings is 1. The zero-order valence-corrected chi connectivity index (χ0v) is 22.0. The highest BCUT2D eigenvalue weighted by atomic mass is 35.5. The molecule has 2 amide bonds. The number of nitrogen functional groups attached to an aromatic ring is 1. The van der Waals surface area contributed by atoms with Gasteiger partial charge in [0.25, 0.3) is 5.91 Å². The van der Waals surface area contributed by atoms with E-state index >= 15 is 0 Å². The lowest BCUT2D eigenvalue weighted by molar-refractivity contribution is 0.0587. The Morgan fingerprint density at radius 1 is 1.27 bits per heavy atom. The average molecular weight is 529 g/mol. The number of anilines is 2. The summed E-state index contributed by atoms with van der Waals surface area (Å²) in [6, 6.07) is 2.96. The monoisotopic (exact) mass is 528 g/mol. The van der Waals surface area contributed by atoms with Crippen LogP contribution in [0.25, 0.3) is 11.3 Å². The lowest BCUT2D eigenvalue weighted by Crippen LogP contribution is -2.36. The molecule has 13 heteroatoms. The van der Waals surface area contributed by atoms with Crippen LogP contribution in [-0.4, -0.2) is 61.3 Å². The first-order chi connectivity index (χ1) is 17.4. The second-order valence-corrected chi connectivity index (χ2v) is 10.0. The van der Waals surface area contributed by atoms with Gasteiger partial charge in [0.05, 0.1) is 25.1 Å². The maximum absolute atomic E-state index is 13.0. The number of amides is 2. The van der Waals surface area contributed by atoms with Crippen LogP contribution < -0.4 is 16.0 Å². The van der Waals surface area contributed by atoms with E-state index in [2.05, 4.69) is 20.4 Å². The SMILES string of the molecule is CC(COCc1cc(N)c2nccn2c1)NC(=O)c1cnn2c(N(C)C(=O)OC(C)(C)C)cc(Cl)nc12. The van der Waals surface area contributed by atoms with Gasteiger partial charge in [-0.25, -0.2) is 14.8 Å². The Hall–Kier alpha value is -3.90. The zero-order valence-electron chi connectivity index (χ0n) is 21.2. The molecule has 0 aromatic carbocycles. The fourth-order valence-electron chi connectivity index (χ4n) is 3.64. The van der Waals surface area contributed by atoms with Gasteiger partial charge in [-0.2, -0.15) is 9.61 Å². The van der Waals surface area contributed by atoms with Crippen molar-refractivity contribution in [2.24, 2.45) is 0 Å². The maximum atomic E-state index is 13.0. The van der Waals surface area contributed by atoms with Crippen molar-refractivity contribution in [1.82, 2.24) is 29.3 Å². The van der Waals surface area contributed by atoms with Crippen LogP contribution >= 0.6 is 11.6 Å². The molecule has 4 heterocycles. The number of rotatable bonds is 7. The van der Waals surface area contributed by atoms with Crippen molar-refractivity contribution >= 4 is 46.4 Å². The molecule has 4 aromatic heterocycles. The Morgan fingerprint density at radius 2 is 2.03 bits per heavy atom. The van der Waals surface area contributed by atoms with E-state index in [1.807, 2.05) is 29.8 Å². The minimum absolute atomic E-state index is 0.0953. The van der Waals surface area contributed by atoms with E-state index in [4.69, 9.17) is 26.8 Å². The van der Waals surface area contributed by atoms with Gasteiger partial charge in [0, 0.05) is 37.7 Å². The van der Waals surface area contributed by atoms with Gasteiger partial charge in [0.2, 0.25) is 0 Å². The number of carbonyl (C=O) groups excluding carboxylic acids is 2. The van der Waals surface area contributed by atoms with Gasteiger partial charge in [-0.3, -0.25) is 9.69 Å². The highest BCUT2D eigenvalue weighted by molar-refractivity contribution is 6.30. The van der Waals surface area contributed by atoms with Crippen LogP contribution in [-0.2, 0) is 16.1 Å². The fourth-order valence-corrected chi connectivity index (χ4v) is 3.82. The molecule has 12 nitrogen and oxygen atoms in total. The smallest absolute Gasteiger partial charge is 0.415 e. The predicted octanol–water partition coefficient (Wildman–Crippen LogP) is 3.32. The first-order valence-electron chi connectivity index (χ1n) is 11.5. The first-order valence-corrected chi connectivity index (χ1v) is 11.9. The predicted molar refractivity (Wildman–Crippen MR) is 139 cm³/mol. The molecule has 4 rings (SSSR count). The number of hydrogen-bond donors (Lipinski definition) is 2. The van der Waals surface area contributed by atoms with Crippen LogP contribution in [0.1, 0.15) is 43.6 Å². The van der Waals surface area contributed by atoms with Gasteiger partial charge in [-0.15, -0.1) is 0 Å². The van der Waals surface area contributed by atoms with E-state index in [-0.39, 0.29) is 29.0 Å². The van der Waals surface area contributed by atoms with Gasteiger partial charge in [-0.05, 0) is 39.3 Å². The maximum Gasteiger partial charge on any atom is 0.415 e. The van der Waals surface area contributed by atoms with Crippen LogP contribution in [0.3, 0.4) is 0 Å². The lowest BCUT2D eigenvalue weighted by atomic mass is 10.2. The van der Waals surface area contributed by atoms with E-state index in [1.54, 1.807) is 27.0 Å². The minimum atomic E-state index is -0.687. The molecule has 1 atom stereocenters. The summed E-state index contributed by atoms with van der Waals surface area (Å²) in [5.41, 5.74) is 7.87. The summed E-state index contributed by atoms with van der Waals surface area (Å²) < 4.78 is 14.4. The summed E-state index contributed by atoms with van der Waals surface area (Å²) in [5, 5.41) is 7.22. The van der Waals surface area contributed by atoms with Crippen LogP contribution in [0.5, 0.6) is 0 Å².